The molecule has 0 aliphatic rings. The maximum atomic E-state index is 13.1. The van der Waals surface area contributed by atoms with Crippen LogP contribution in [0.4, 0.5) is 5.82 Å². The van der Waals surface area contributed by atoms with Gasteiger partial charge in [0.2, 0.25) is 0 Å². The molecule has 26 heavy (non-hydrogen) atoms. The molecular weight excluding hydrogens is 324 g/mol. The standard InChI is InChI=1S/C21H22N4O/c1-24(2)19-13-12-17(15-23-19)21(26)25(3)20(16-9-5-4-6-10-16)18-11-7-8-14-22-18/h4-15,20H,1-3H3/t20-/m1/s1. The van der Waals surface area contributed by atoms with Gasteiger partial charge in [-0.1, -0.05) is 36.4 Å². The van der Waals surface area contributed by atoms with Gasteiger partial charge in [-0.3, -0.25) is 9.78 Å². The Morgan fingerprint density at radius 1 is 0.885 bits per heavy atom. The third-order valence-electron chi connectivity index (χ3n) is 4.24. The highest BCUT2D eigenvalue weighted by Gasteiger charge is 2.25. The highest BCUT2D eigenvalue weighted by molar-refractivity contribution is 5.94. The summed E-state index contributed by atoms with van der Waals surface area (Å²) in [5, 5.41) is 0. The second kappa shape index (κ2) is 7.78. The molecule has 0 aliphatic carbocycles. The predicted octanol–water partition coefficient (Wildman–Crippen LogP) is 3.40. The number of hydrogen-bond donors (Lipinski definition) is 0. The lowest BCUT2D eigenvalue weighted by molar-refractivity contribution is 0.0752. The van der Waals surface area contributed by atoms with Crippen molar-refractivity contribution in [1.82, 2.24) is 14.9 Å². The highest BCUT2D eigenvalue weighted by atomic mass is 16.2. The number of carbonyl (C=O) groups is 1. The normalized spacial score (nSPS) is 11.7. The van der Waals surface area contributed by atoms with Gasteiger partial charge in [0, 0.05) is 33.5 Å². The average Bonchev–Trinajstić information content (AvgIpc) is 2.69. The third-order valence-corrected chi connectivity index (χ3v) is 4.24. The Morgan fingerprint density at radius 3 is 2.19 bits per heavy atom. The van der Waals surface area contributed by atoms with Crippen LogP contribution in [0.15, 0.2) is 73.1 Å². The summed E-state index contributed by atoms with van der Waals surface area (Å²) in [5.74, 6) is 0.718. The van der Waals surface area contributed by atoms with E-state index in [1.54, 1.807) is 24.3 Å². The first-order valence-electron chi connectivity index (χ1n) is 8.44. The minimum atomic E-state index is -0.265. The summed E-state index contributed by atoms with van der Waals surface area (Å²) in [4.78, 5) is 25.5. The van der Waals surface area contributed by atoms with Crippen LogP contribution in [0.2, 0.25) is 0 Å². The van der Waals surface area contributed by atoms with E-state index in [-0.39, 0.29) is 11.9 Å². The van der Waals surface area contributed by atoms with Crippen molar-refractivity contribution in [1.29, 1.82) is 0 Å². The molecular formula is C21H22N4O. The number of carbonyl (C=O) groups excluding carboxylic acids is 1. The molecule has 132 valence electrons. The Morgan fingerprint density at radius 2 is 1.62 bits per heavy atom. The minimum Gasteiger partial charge on any atom is -0.363 e. The largest absolute Gasteiger partial charge is 0.363 e. The van der Waals surface area contributed by atoms with Gasteiger partial charge in [-0.15, -0.1) is 0 Å². The molecule has 5 nitrogen and oxygen atoms in total. The molecule has 5 heteroatoms. The lowest BCUT2D eigenvalue weighted by Crippen LogP contribution is -2.32. The number of aromatic nitrogens is 2. The molecule has 0 bridgehead atoms. The van der Waals surface area contributed by atoms with Gasteiger partial charge in [0.15, 0.2) is 0 Å². The first-order valence-corrected chi connectivity index (χ1v) is 8.44. The number of nitrogens with zero attached hydrogens (tertiary/aromatic N) is 4. The Hall–Kier alpha value is -3.21. The maximum absolute atomic E-state index is 13.1. The van der Waals surface area contributed by atoms with Crippen LogP contribution in [0, 0.1) is 0 Å². The van der Waals surface area contributed by atoms with E-state index in [1.807, 2.05) is 79.7 Å². The second-order valence-corrected chi connectivity index (χ2v) is 6.28. The van der Waals surface area contributed by atoms with E-state index in [9.17, 15) is 4.79 Å². The van der Waals surface area contributed by atoms with Crippen LogP contribution < -0.4 is 4.90 Å². The van der Waals surface area contributed by atoms with Crippen LogP contribution in [0.5, 0.6) is 0 Å². The van der Waals surface area contributed by atoms with Gasteiger partial charge in [0.25, 0.3) is 5.91 Å². The Balaban J connectivity index is 1.94. The van der Waals surface area contributed by atoms with Crippen LogP contribution >= 0.6 is 0 Å². The summed E-state index contributed by atoms with van der Waals surface area (Å²) in [5.41, 5.74) is 2.39. The summed E-state index contributed by atoms with van der Waals surface area (Å²) < 4.78 is 0. The van der Waals surface area contributed by atoms with Crippen molar-refractivity contribution >= 4 is 11.7 Å². The topological polar surface area (TPSA) is 49.3 Å². The number of rotatable bonds is 5. The molecule has 0 fully saturated rings. The fourth-order valence-corrected chi connectivity index (χ4v) is 2.86. The fourth-order valence-electron chi connectivity index (χ4n) is 2.86. The number of anilines is 1. The van der Waals surface area contributed by atoms with Crippen molar-refractivity contribution in [3.05, 3.63) is 89.9 Å². The van der Waals surface area contributed by atoms with Crippen molar-refractivity contribution in [3.8, 4) is 0 Å². The van der Waals surface area contributed by atoms with E-state index in [2.05, 4.69) is 9.97 Å². The monoisotopic (exact) mass is 346 g/mol. The van der Waals surface area contributed by atoms with Gasteiger partial charge in [0.05, 0.1) is 17.3 Å². The molecule has 0 aliphatic heterocycles. The SMILES string of the molecule is CN(C)c1ccc(C(=O)N(C)[C@H](c2ccccc2)c2ccccn2)cn1. The summed E-state index contributed by atoms with van der Waals surface area (Å²) in [6.45, 7) is 0. The van der Waals surface area contributed by atoms with Crippen molar-refractivity contribution in [2.24, 2.45) is 0 Å². The fraction of sp³-hybridized carbons (Fsp3) is 0.190. The zero-order chi connectivity index (χ0) is 18.5. The molecule has 0 radical (unpaired) electrons. The maximum Gasteiger partial charge on any atom is 0.255 e. The molecule has 0 saturated heterocycles. The van der Waals surface area contributed by atoms with E-state index in [4.69, 9.17) is 0 Å². The summed E-state index contributed by atoms with van der Waals surface area (Å²) >= 11 is 0. The lowest BCUT2D eigenvalue weighted by atomic mass is 10.0. The molecule has 1 atom stereocenters. The van der Waals surface area contributed by atoms with Gasteiger partial charge in [-0.25, -0.2) is 4.98 Å². The smallest absolute Gasteiger partial charge is 0.255 e. The van der Waals surface area contributed by atoms with E-state index >= 15 is 0 Å². The zero-order valence-electron chi connectivity index (χ0n) is 15.2. The van der Waals surface area contributed by atoms with Crippen molar-refractivity contribution in [2.45, 2.75) is 6.04 Å². The summed E-state index contributed by atoms with van der Waals surface area (Å²) in [6.07, 6.45) is 3.37. The average molecular weight is 346 g/mol. The van der Waals surface area contributed by atoms with Gasteiger partial charge < -0.3 is 9.80 Å². The Kier molecular flexibility index (Phi) is 5.27. The van der Waals surface area contributed by atoms with Crippen molar-refractivity contribution in [3.63, 3.8) is 0 Å². The van der Waals surface area contributed by atoms with Crippen LogP contribution in [-0.2, 0) is 0 Å². The van der Waals surface area contributed by atoms with Gasteiger partial charge in [-0.05, 0) is 29.8 Å². The lowest BCUT2D eigenvalue weighted by Gasteiger charge is -2.28. The van der Waals surface area contributed by atoms with Crippen LogP contribution in [0.25, 0.3) is 0 Å². The molecule has 3 rings (SSSR count). The van der Waals surface area contributed by atoms with Crippen LogP contribution in [-0.4, -0.2) is 41.9 Å². The molecule has 2 heterocycles. The number of hydrogen-bond acceptors (Lipinski definition) is 4. The molecule has 1 amide bonds. The predicted molar refractivity (Wildman–Crippen MR) is 103 cm³/mol. The van der Waals surface area contributed by atoms with E-state index in [0.717, 1.165) is 17.1 Å². The Labute approximate surface area is 153 Å². The van der Waals surface area contributed by atoms with E-state index in [1.165, 1.54) is 0 Å². The molecule has 0 unspecified atom stereocenters. The minimum absolute atomic E-state index is 0.0951. The molecule has 0 saturated carbocycles. The third kappa shape index (κ3) is 3.72. The van der Waals surface area contributed by atoms with Crippen LogP contribution in [0.1, 0.15) is 27.7 Å². The molecule has 0 N–H and O–H groups in total. The Bertz CT molecular complexity index is 809. The first kappa shape index (κ1) is 17.6. The first-order chi connectivity index (χ1) is 12.6. The zero-order valence-corrected chi connectivity index (χ0v) is 15.2. The molecule has 1 aromatic carbocycles. The quantitative estimate of drug-likeness (QED) is 0.710. The van der Waals surface area contributed by atoms with Crippen LogP contribution in [0.3, 0.4) is 0 Å². The highest BCUT2D eigenvalue weighted by Crippen LogP contribution is 2.27. The molecule has 0 spiro atoms. The van der Waals surface area contributed by atoms with Gasteiger partial charge in [-0.2, -0.15) is 0 Å². The van der Waals surface area contributed by atoms with Crippen molar-refractivity contribution in [2.75, 3.05) is 26.0 Å². The second-order valence-electron chi connectivity index (χ2n) is 6.28. The van der Waals surface area contributed by atoms with Gasteiger partial charge >= 0.3 is 0 Å². The number of amides is 1. The molecule has 3 aromatic rings. The van der Waals surface area contributed by atoms with Gasteiger partial charge in [0.1, 0.15) is 5.82 Å². The van der Waals surface area contributed by atoms with E-state index < -0.39 is 0 Å². The van der Waals surface area contributed by atoms with E-state index in [0.29, 0.717) is 5.56 Å². The number of pyridine rings is 2. The summed E-state index contributed by atoms with van der Waals surface area (Å²) in [6, 6.07) is 19.1. The van der Waals surface area contributed by atoms with Crippen molar-refractivity contribution < 1.29 is 4.79 Å². The number of benzene rings is 1. The molecule has 2 aromatic heterocycles. The summed E-state index contributed by atoms with van der Waals surface area (Å²) in [7, 11) is 5.64.